The molecule has 0 spiro atoms. The maximum Gasteiger partial charge on any atom is 0.125 e. The van der Waals surface area contributed by atoms with E-state index in [1.54, 1.807) is 23.2 Å². The van der Waals surface area contributed by atoms with Crippen LogP contribution in [0.3, 0.4) is 0 Å². The minimum atomic E-state index is -0.422. The molecule has 2 rings (SSSR count). The van der Waals surface area contributed by atoms with Gasteiger partial charge >= 0.3 is 0 Å². The molecule has 15 heavy (non-hydrogen) atoms. The normalized spacial score (nSPS) is 9.93. The van der Waals surface area contributed by atoms with Gasteiger partial charge < -0.3 is 4.57 Å². The second kappa shape index (κ2) is 3.54. The number of hydrogen-bond acceptors (Lipinski definition) is 2. The molecule has 0 aliphatic carbocycles. The zero-order valence-electron chi connectivity index (χ0n) is 8.11. The summed E-state index contributed by atoms with van der Waals surface area (Å²) < 4.78 is 14.9. The highest BCUT2D eigenvalue weighted by Crippen LogP contribution is 2.19. The number of halogens is 1. The molecular formula is C11H8FN3. The van der Waals surface area contributed by atoms with E-state index in [0.29, 0.717) is 16.8 Å². The van der Waals surface area contributed by atoms with Crippen molar-refractivity contribution in [3.63, 3.8) is 0 Å². The van der Waals surface area contributed by atoms with Crippen molar-refractivity contribution in [3.05, 3.63) is 42.1 Å². The molecule has 0 saturated heterocycles. The van der Waals surface area contributed by atoms with Crippen molar-refractivity contribution >= 4 is 0 Å². The van der Waals surface area contributed by atoms with Gasteiger partial charge in [0.25, 0.3) is 0 Å². The van der Waals surface area contributed by atoms with Gasteiger partial charge in [-0.05, 0) is 18.2 Å². The summed E-state index contributed by atoms with van der Waals surface area (Å²) in [6, 6.07) is 6.09. The second-order valence-electron chi connectivity index (χ2n) is 3.26. The molecule has 1 aromatic heterocycles. The fraction of sp³-hybridized carbons (Fsp3) is 0.0909. The first-order valence-corrected chi connectivity index (χ1v) is 4.38. The monoisotopic (exact) mass is 201 g/mol. The molecule has 3 nitrogen and oxygen atoms in total. The lowest BCUT2D eigenvalue weighted by Gasteiger charge is -1.97. The van der Waals surface area contributed by atoms with Gasteiger partial charge in [-0.2, -0.15) is 5.26 Å². The minimum absolute atomic E-state index is 0.302. The number of nitriles is 1. The highest BCUT2D eigenvalue weighted by atomic mass is 19.1. The summed E-state index contributed by atoms with van der Waals surface area (Å²) in [4.78, 5) is 4.09. The number of nitrogens with zero attached hydrogens (tertiary/aromatic N) is 3. The lowest BCUT2D eigenvalue weighted by atomic mass is 10.1. The summed E-state index contributed by atoms with van der Waals surface area (Å²) in [5.74, 6) is -0.422. The Morgan fingerprint density at radius 1 is 1.40 bits per heavy atom. The number of benzene rings is 1. The number of imidazole rings is 1. The van der Waals surface area contributed by atoms with Crippen LogP contribution in [0.4, 0.5) is 4.39 Å². The molecule has 74 valence electrons. The van der Waals surface area contributed by atoms with Crippen molar-refractivity contribution < 1.29 is 4.39 Å². The van der Waals surface area contributed by atoms with Crippen molar-refractivity contribution in [1.82, 2.24) is 9.55 Å². The first kappa shape index (κ1) is 9.41. The molecule has 0 radical (unpaired) electrons. The van der Waals surface area contributed by atoms with Gasteiger partial charge in [-0.3, -0.25) is 0 Å². The zero-order valence-corrected chi connectivity index (χ0v) is 8.11. The number of rotatable bonds is 1. The largest absolute Gasteiger partial charge is 0.340 e. The van der Waals surface area contributed by atoms with Gasteiger partial charge in [0.1, 0.15) is 5.82 Å². The van der Waals surface area contributed by atoms with Crippen LogP contribution in [0.15, 0.2) is 30.7 Å². The Labute approximate surface area is 86.4 Å². The van der Waals surface area contributed by atoms with E-state index in [-0.39, 0.29) is 0 Å². The first-order chi connectivity index (χ1) is 7.19. The molecule has 0 N–H and O–H groups in total. The quantitative estimate of drug-likeness (QED) is 0.709. The van der Waals surface area contributed by atoms with E-state index in [9.17, 15) is 4.39 Å². The van der Waals surface area contributed by atoms with E-state index in [4.69, 9.17) is 5.26 Å². The molecular weight excluding hydrogens is 193 g/mol. The van der Waals surface area contributed by atoms with Crippen LogP contribution in [0.1, 0.15) is 5.56 Å². The van der Waals surface area contributed by atoms with Crippen molar-refractivity contribution in [3.8, 4) is 17.3 Å². The van der Waals surface area contributed by atoms with Gasteiger partial charge in [-0.15, -0.1) is 0 Å². The van der Waals surface area contributed by atoms with Crippen molar-refractivity contribution in [2.45, 2.75) is 0 Å². The number of hydrogen-bond donors (Lipinski definition) is 0. The van der Waals surface area contributed by atoms with E-state index in [1.165, 1.54) is 12.1 Å². The first-order valence-electron chi connectivity index (χ1n) is 4.38. The Balaban J connectivity index is 2.54. The van der Waals surface area contributed by atoms with Gasteiger partial charge in [-0.25, -0.2) is 9.37 Å². The maximum atomic E-state index is 13.1. The molecule has 0 saturated carbocycles. The Morgan fingerprint density at radius 3 is 2.80 bits per heavy atom. The SMILES string of the molecule is Cn1cnc(-c2cc(F)cc(C#N)c2)c1. The fourth-order valence-corrected chi connectivity index (χ4v) is 1.36. The Kier molecular flexibility index (Phi) is 2.22. The van der Waals surface area contributed by atoms with E-state index in [0.717, 1.165) is 0 Å². The van der Waals surface area contributed by atoms with Crippen molar-refractivity contribution in [1.29, 1.82) is 5.26 Å². The molecule has 0 bridgehead atoms. The summed E-state index contributed by atoms with van der Waals surface area (Å²) >= 11 is 0. The van der Waals surface area contributed by atoms with E-state index in [1.807, 2.05) is 13.1 Å². The Bertz CT molecular complexity index is 537. The highest BCUT2D eigenvalue weighted by molar-refractivity contribution is 5.60. The Morgan fingerprint density at radius 2 is 2.20 bits per heavy atom. The molecule has 0 aliphatic rings. The predicted octanol–water partition coefficient (Wildman–Crippen LogP) is 2.10. The number of aryl methyl sites for hydroxylation is 1. The van der Waals surface area contributed by atoms with Crippen LogP contribution < -0.4 is 0 Å². The third-order valence-electron chi connectivity index (χ3n) is 2.03. The van der Waals surface area contributed by atoms with Gasteiger partial charge in [0.15, 0.2) is 0 Å². The molecule has 0 amide bonds. The molecule has 1 heterocycles. The molecule has 0 fully saturated rings. The topological polar surface area (TPSA) is 41.6 Å². The standard InChI is InChI=1S/C11H8FN3/c1-15-6-11(14-7-15)9-2-8(5-13)3-10(12)4-9/h2-4,6-7H,1H3. The molecule has 4 heteroatoms. The average molecular weight is 201 g/mol. The zero-order chi connectivity index (χ0) is 10.8. The van der Waals surface area contributed by atoms with Crippen LogP contribution in [0.25, 0.3) is 11.3 Å². The molecule has 0 unspecified atom stereocenters. The third kappa shape index (κ3) is 1.86. The molecule has 0 atom stereocenters. The summed E-state index contributed by atoms with van der Waals surface area (Å²) in [5, 5.41) is 8.70. The lowest BCUT2D eigenvalue weighted by molar-refractivity contribution is 0.628. The van der Waals surface area contributed by atoms with Crippen LogP contribution in [-0.2, 0) is 7.05 Å². The summed E-state index contributed by atoms with van der Waals surface area (Å²) in [6.45, 7) is 0. The molecule has 1 aromatic carbocycles. The minimum Gasteiger partial charge on any atom is -0.340 e. The third-order valence-corrected chi connectivity index (χ3v) is 2.03. The summed E-state index contributed by atoms with van der Waals surface area (Å²) in [6.07, 6.45) is 3.40. The van der Waals surface area contributed by atoms with Crippen LogP contribution in [0.2, 0.25) is 0 Å². The molecule has 0 aliphatic heterocycles. The van der Waals surface area contributed by atoms with Gasteiger partial charge in [0, 0.05) is 18.8 Å². The average Bonchev–Trinajstić information content (AvgIpc) is 2.64. The lowest BCUT2D eigenvalue weighted by Crippen LogP contribution is -1.84. The van der Waals surface area contributed by atoms with Crippen LogP contribution in [-0.4, -0.2) is 9.55 Å². The smallest absolute Gasteiger partial charge is 0.125 e. The van der Waals surface area contributed by atoms with Gasteiger partial charge in [-0.1, -0.05) is 0 Å². The predicted molar refractivity (Wildman–Crippen MR) is 53.3 cm³/mol. The van der Waals surface area contributed by atoms with Gasteiger partial charge in [0.05, 0.1) is 23.7 Å². The number of aromatic nitrogens is 2. The summed E-state index contributed by atoms with van der Waals surface area (Å²) in [5.41, 5.74) is 1.58. The fourth-order valence-electron chi connectivity index (χ4n) is 1.36. The van der Waals surface area contributed by atoms with E-state index >= 15 is 0 Å². The van der Waals surface area contributed by atoms with Crippen molar-refractivity contribution in [2.24, 2.45) is 7.05 Å². The van der Waals surface area contributed by atoms with E-state index < -0.39 is 5.82 Å². The van der Waals surface area contributed by atoms with E-state index in [2.05, 4.69) is 4.98 Å². The highest BCUT2D eigenvalue weighted by Gasteiger charge is 2.04. The van der Waals surface area contributed by atoms with Crippen LogP contribution in [0.5, 0.6) is 0 Å². The Hall–Kier alpha value is -2.15. The van der Waals surface area contributed by atoms with Gasteiger partial charge in [0.2, 0.25) is 0 Å². The second-order valence-corrected chi connectivity index (χ2v) is 3.26. The summed E-state index contributed by atoms with van der Waals surface area (Å²) in [7, 11) is 1.83. The van der Waals surface area contributed by atoms with Crippen LogP contribution in [0, 0.1) is 17.1 Å². The maximum absolute atomic E-state index is 13.1. The van der Waals surface area contributed by atoms with Crippen molar-refractivity contribution in [2.75, 3.05) is 0 Å². The molecule has 2 aromatic rings. The van der Waals surface area contributed by atoms with Crippen LogP contribution >= 0.6 is 0 Å².